The number of rotatable bonds is 5. The van der Waals surface area contributed by atoms with Crippen molar-refractivity contribution in [2.45, 2.75) is 18.2 Å². The van der Waals surface area contributed by atoms with E-state index in [2.05, 4.69) is 5.10 Å². The van der Waals surface area contributed by atoms with Crippen LogP contribution in [-0.4, -0.2) is 20.9 Å². The van der Waals surface area contributed by atoms with Crippen LogP contribution < -0.4 is 0 Å². The normalized spacial score (nSPS) is 12.3. The zero-order valence-corrected chi connectivity index (χ0v) is 10.4. The highest BCUT2D eigenvalue weighted by molar-refractivity contribution is 6.20. The molecule has 1 N–H and O–H groups in total. The number of nitrogens with zero attached hydrogens (tertiary/aromatic N) is 2. The molecule has 1 atom stereocenters. The molecule has 0 amide bonds. The summed E-state index contributed by atoms with van der Waals surface area (Å²) in [4.78, 5) is 10.5. The van der Waals surface area contributed by atoms with E-state index in [9.17, 15) is 4.79 Å². The summed E-state index contributed by atoms with van der Waals surface area (Å²) in [5.74, 6) is -0.837. The predicted octanol–water partition coefficient (Wildman–Crippen LogP) is 3.02. The van der Waals surface area contributed by atoms with Crippen molar-refractivity contribution in [1.29, 1.82) is 0 Å². The molecule has 0 bridgehead atoms. The van der Waals surface area contributed by atoms with Gasteiger partial charge >= 0.3 is 5.97 Å². The quantitative estimate of drug-likeness (QED) is 0.845. The molecular formula is C13H13ClN2O2. The van der Waals surface area contributed by atoms with E-state index in [0.29, 0.717) is 6.42 Å². The van der Waals surface area contributed by atoms with Crippen molar-refractivity contribution in [1.82, 2.24) is 9.78 Å². The molecule has 18 heavy (non-hydrogen) atoms. The highest BCUT2D eigenvalue weighted by Crippen LogP contribution is 2.25. The van der Waals surface area contributed by atoms with Crippen molar-refractivity contribution >= 4 is 17.6 Å². The number of alkyl halides is 1. The predicted molar refractivity (Wildman–Crippen MR) is 69.0 cm³/mol. The van der Waals surface area contributed by atoms with Gasteiger partial charge in [-0.2, -0.15) is 5.10 Å². The molecule has 0 aliphatic rings. The lowest BCUT2D eigenvalue weighted by atomic mass is 10.1. The molecule has 94 valence electrons. The van der Waals surface area contributed by atoms with Gasteiger partial charge in [0.25, 0.3) is 0 Å². The molecular weight excluding hydrogens is 252 g/mol. The summed E-state index contributed by atoms with van der Waals surface area (Å²) in [6.45, 7) is 0. The van der Waals surface area contributed by atoms with E-state index in [-0.39, 0.29) is 11.8 Å². The largest absolute Gasteiger partial charge is 0.481 e. The van der Waals surface area contributed by atoms with Crippen molar-refractivity contribution in [2.24, 2.45) is 0 Å². The fourth-order valence-corrected chi connectivity index (χ4v) is 1.86. The van der Waals surface area contributed by atoms with E-state index >= 15 is 0 Å². The topological polar surface area (TPSA) is 55.1 Å². The van der Waals surface area contributed by atoms with Gasteiger partial charge in [0.05, 0.1) is 17.3 Å². The smallest absolute Gasteiger partial charge is 0.303 e. The maximum atomic E-state index is 10.5. The van der Waals surface area contributed by atoms with Crippen LogP contribution in [0.2, 0.25) is 0 Å². The van der Waals surface area contributed by atoms with Crippen LogP contribution in [0, 0.1) is 0 Å². The van der Waals surface area contributed by atoms with Crippen LogP contribution in [0.1, 0.15) is 23.8 Å². The molecule has 2 aromatic rings. The number of hydrogen-bond acceptors (Lipinski definition) is 2. The first-order chi connectivity index (χ1) is 8.66. The summed E-state index contributed by atoms with van der Waals surface area (Å²) in [5.41, 5.74) is 1.78. The first-order valence-corrected chi connectivity index (χ1v) is 6.06. The van der Waals surface area contributed by atoms with Crippen LogP contribution >= 0.6 is 11.6 Å². The molecule has 5 heteroatoms. The molecule has 0 spiro atoms. The lowest BCUT2D eigenvalue weighted by molar-refractivity contribution is -0.137. The molecule has 0 aliphatic heterocycles. The molecule has 1 aromatic carbocycles. The number of benzene rings is 1. The van der Waals surface area contributed by atoms with Gasteiger partial charge in [-0.25, -0.2) is 4.68 Å². The summed E-state index contributed by atoms with van der Waals surface area (Å²) in [5, 5.41) is 12.5. The molecule has 0 fully saturated rings. The summed E-state index contributed by atoms with van der Waals surface area (Å²) < 4.78 is 1.73. The second kappa shape index (κ2) is 5.69. The van der Waals surface area contributed by atoms with E-state index in [1.165, 1.54) is 0 Å². The van der Waals surface area contributed by atoms with Crippen LogP contribution in [0.15, 0.2) is 42.7 Å². The minimum atomic E-state index is -0.837. The van der Waals surface area contributed by atoms with Gasteiger partial charge in [0.15, 0.2) is 0 Å². The van der Waals surface area contributed by atoms with Crippen molar-refractivity contribution in [3.63, 3.8) is 0 Å². The van der Waals surface area contributed by atoms with Crippen molar-refractivity contribution in [2.75, 3.05) is 0 Å². The number of aliphatic carboxylic acids is 1. The number of hydrogen-bond donors (Lipinski definition) is 1. The van der Waals surface area contributed by atoms with Gasteiger partial charge in [0.1, 0.15) is 0 Å². The van der Waals surface area contributed by atoms with Gasteiger partial charge < -0.3 is 5.11 Å². The van der Waals surface area contributed by atoms with Crippen molar-refractivity contribution in [3.8, 4) is 5.69 Å². The maximum Gasteiger partial charge on any atom is 0.303 e. The van der Waals surface area contributed by atoms with E-state index in [1.54, 1.807) is 10.9 Å². The number of halogens is 1. The molecule has 1 heterocycles. The van der Waals surface area contributed by atoms with Crippen LogP contribution in [0.4, 0.5) is 0 Å². The zero-order chi connectivity index (χ0) is 13.0. The Balaban J connectivity index is 2.08. The van der Waals surface area contributed by atoms with E-state index < -0.39 is 5.97 Å². The Kier molecular flexibility index (Phi) is 3.99. The molecule has 0 radical (unpaired) electrons. The number of aromatic nitrogens is 2. The van der Waals surface area contributed by atoms with Crippen LogP contribution in [0.5, 0.6) is 0 Å². The van der Waals surface area contributed by atoms with Gasteiger partial charge in [-0.3, -0.25) is 4.79 Å². The lowest BCUT2D eigenvalue weighted by Crippen LogP contribution is -1.98. The molecule has 1 aromatic heterocycles. The Hall–Kier alpha value is -1.81. The Morgan fingerprint density at radius 1 is 1.39 bits per heavy atom. The van der Waals surface area contributed by atoms with Gasteiger partial charge in [-0.05, 0) is 18.6 Å². The van der Waals surface area contributed by atoms with Gasteiger partial charge in [-0.15, -0.1) is 11.6 Å². The average Bonchev–Trinajstić information content (AvgIpc) is 2.86. The minimum absolute atomic E-state index is 0.0602. The zero-order valence-electron chi connectivity index (χ0n) is 9.66. The third kappa shape index (κ3) is 3.11. The Labute approximate surface area is 110 Å². The average molecular weight is 265 g/mol. The molecule has 0 saturated carbocycles. The molecule has 0 saturated heterocycles. The fourth-order valence-electron chi connectivity index (χ4n) is 1.64. The van der Waals surface area contributed by atoms with Crippen LogP contribution in [0.3, 0.4) is 0 Å². The second-order valence-electron chi connectivity index (χ2n) is 3.95. The summed E-state index contributed by atoms with van der Waals surface area (Å²) >= 11 is 6.13. The number of carbonyl (C=O) groups is 1. The second-order valence-corrected chi connectivity index (χ2v) is 4.48. The summed E-state index contributed by atoms with van der Waals surface area (Å²) in [6.07, 6.45) is 3.96. The summed E-state index contributed by atoms with van der Waals surface area (Å²) in [7, 11) is 0. The standard InChI is InChI=1S/C13H13ClN2O2/c14-12(6-7-13(17)18)10-8-15-16(9-10)11-4-2-1-3-5-11/h1-5,8-9,12H,6-7H2,(H,17,18). The lowest BCUT2D eigenvalue weighted by Gasteiger charge is -2.04. The van der Waals surface area contributed by atoms with Gasteiger partial charge in [-0.1, -0.05) is 18.2 Å². The number of carboxylic acid groups (broad SMARTS) is 1. The van der Waals surface area contributed by atoms with Crippen molar-refractivity contribution < 1.29 is 9.90 Å². The minimum Gasteiger partial charge on any atom is -0.481 e. The molecule has 0 aliphatic carbocycles. The number of carboxylic acids is 1. The maximum absolute atomic E-state index is 10.5. The molecule has 4 nitrogen and oxygen atoms in total. The Bertz CT molecular complexity index is 525. The van der Waals surface area contributed by atoms with E-state index in [0.717, 1.165) is 11.3 Å². The molecule has 1 unspecified atom stereocenters. The third-order valence-corrected chi connectivity index (χ3v) is 3.07. The summed E-state index contributed by atoms with van der Waals surface area (Å²) in [6, 6.07) is 9.68. The fraction of sp³-hybridized carbons (Fsp3) is 0.231. The van der Waals surface area contributed by atoms with Gasteiger partial charge in [0.2, 0.25) is 0 Å². The van der Waals surface area contributed by atoms with Crippen molar-refractivity contribution in [3.05, 3.63) is 48.3 Å². The SMILES string of the molecule is O=C(O)CCC(Cl)c1cnn(-c2ccccc2)c1. The highest BCUT2D eigenvalue weighted by atomic mass is 35.5. The van der Waals surface area contributed by atoms with E-state index in [1.807, 2.05) is 36.5 Å². The first kappa shape index (κ1) is 12.6. The Morgan fingerprint density at radius 3 is 2.78 bits per heavy atom. The monoisotopic (exact) mass is 264 g/mol. The van der Waals surface area contributed by atoms with Crippen LogP contribution in [-0.2, 0) is 4.79 Å². The first-order valence-electron chi connectivity index (χ1n) is 5.62. The highest BCUT2D eigenvalue weighted by Gasteiger charge is 2.12. The Morgan fingerprint density at radius 2 is 2.11 bits per heavy atom. The number of para-hydroxylation sites is 1. The molecule has 2 rings (SSSR count). The van der Waals surface area contributed by atoms with Crippen LogP contribution in [0.25, 0.3) is 5.69 Å². The third-order valence-electron chi connectivity index (χ3n) is 2.60. The van der Waals surface area contributed by atoms with E-state index in [4.69, 9.17) is 16.7 Å². The van der Waals surface area contributed by atoms with Gasteiger partial charge in [0, 0.05) is 18.2 Å².